The molecule has 2 rings (SSSR count). The summed E-state index contributed by atoms with van der Waals surface area (Å²) in [7, 11) is 0. The van der Waals surface area contributed by atoms with E-state index in [0.29, 0.717) is 5.92 Å². The van der Waals surface area contributed by atoms with Crippen molar-refractivity contribution in [2.45, 2.75) is 65.9 Å². The van der Waals surface area contributed by atoms with Crippen LogP contribution < -0.4 is 0 Å². The zero-order chi connectivity index (χ0) is 16.2. The second-order valence-electron chi connectivity index (χ2n) is 7.50. The molecule has 3 unspecified atom stereocenters. The van der Waals surface area contributed by atoms with Gasteiger partial charge < -0.3 is 4.74 Å². The fraction of sp³-hybridized carbons (Fsp3) is 0.650. The number of ether oxygens (including phenoxy) is 1. The maximum absolute atomic E-state index is 12.0. The van der Waals surface area contributed by atoms with E-state index in [4.69, 9.17) is 4.74 Å². The average molecular weight is 302 g/mol. The van der Waals surface area contributed by atoms with Crippen LogP contribution in [0.15, 0.2) is 36.5 Å². The Balaban J connectivity index is 1.84. The summed E-state index contributed by atoms with van der Waals surface area (Å²) in [5.74, 6) is 0.486. The van der Waals surface area contributed by atoms with Crippen molar-refractivity contribution < 1.29 is 9.53 Å². The molecule has 2 bridgehead atoms. The molecule has 0 aromatic carbocycles. The number of allylic oxidation sites excluding steroid dienone is 5. The molecule has 0 N–H and O–H groups in total. The summed E-state index contributed by atoms with van der Waals surface area (Å²) in [6, 6.07) is 0. The first kappa shape index (κ1) is 17.1. The molecule has 0 radical (unpaired) electrons. The van der Waals surface area contributed by atoms with Gasteiger partial charge in [-0.25, -0.2) is 4.79 Å². The number of hydrogen-bond acceptors (Lipinski definition) is 2. The van der Waals surface area contributed by atoms with Crippen LogP contribution in [0.2, 0.25) is 0 Å². The number of fused-ring (bicyclic) bond motifs is 2. The van der Waals surface area contributed by atoms with Crippen molar-refractivity contribution in [1.29, 1.82) is 0 Å². The maximum atomic E-state index is 12.0. The lowest BCUT2D eigenvalue weighted by Crippen LogP contribution is -2.38. The van der Waals surface area contributed by atoms with Crippen LogP contribution in [0.5, 0.6) is 0 Å². The van der Waals surface area contributed by atoms with Crippen molar-refractivity contribution in [3.63, 3.8) is 0 Å². The molecule has 0 aromatic rings. The van der Waals surface area contributed by atoms with Crippen molar-refractivity contribution in [1.82, 2.24) is 0 Å². The Bertz CT molecular complexity index is 484. The summed E-state index contributed by atoms with van der Waals surface area (Å²) in [5.41, 5.74) is 0.422. The normalized spacial score (nSPS) is 33.5. The molecule has 2 fully saturated rings. The third kappa shape index (κ3) is 3.21. The lowest BCUT2D eigenvalue weighted by molar-refractivity contribution is -0.150. The van der Waals surface area contributed by atoms with E-state index in [-0.39, 0.29) is 22.9 Å². The smallest absolute Gasteiger partial charge is 0.331 e. The van der Waals surface area contributed by atoms with Gasteiger partial charge in [-0.2, -0.15) is 0 Å². The van der Waals surface area contributed by atoms with E-state index in [0.717, 1.165) is 19.3 Å². The molecule has 2 saturated carbocycles. The summed E-state index contributed by atoms with van der Waals surface area (Å²) in [4.78, 5) is 12.0. The number of carbonyl (C=O) groups excluding carboxylic acids is 1. The Morgan fingerprint density at radius 3 is 2.50 bits per heavy atom. The zero-order valence-electron chi connectivity index (χ0n) is 14.5. The molecule has 0 aliphatic heterocycles. The predicted octanol–water partition coefficient (Wildman–Crippen LogP) is 5.21. The highest BCUT2D eigenvalue weighted by Crippen LogP contribution is 2.66. The molecule has 2 aliphatic rings. The van der Waals surface area contributed by atoms with Gasteiger partial charge in [0.1, 0.15) is 6.10 Å². The molecule has 0 saturated heterocycles. The van der Waals surface area contributed by atoms with Crippen LogP contribution in [-0.4, -0.2) is 12.1 Å². The Labute approximate surface area is 135 Å². The largest absolute Gasteiger partial charge is 0.459 e. The molecule has 2 nitrogen and oxygen atoms in total. The standard InChI is InChI=1S/C20H30O2/c1-5-6-7-8-9-10-11-12-18(21)22-17-15-16-13-14-20(17,4)19(16,2)3/h7-12,16-17H,5-6,13-15H2,1-4H3. The Morgan fingerprint density at radius 1 is 1.18 bits per heavy atom. The number of esters is 1. The van der Waals surface area contributed by atoms with Gasteiger partial charge in [-0.15, -0.1) is 0 Å². The molecule has 3 atom stereocenters. The topological polar surface area (TPSA) is 26.3 Å². The van der Waals surface area contributed by atoms with E-state index in [1.165, 1.54) is 18.9 Å². The van der Waals surface area contributed by atoms with Gasteiger partial charge in [-0.1, -0.05) is 64.5 Å². The maximum Gasteiger partial charge on any atom is 0.331 e. The van der Waals surface area contributed by atoms with Gasteiger partial charge in [-0.05, 0) is 37.0 Å². The molecule has 0 amide bonds. The number of unbranched alkanes of at least 4 members (excludes halogenated alkanes) is 1. The zero-order valence-corrected chi connectivity index (χ0v) is 14.5. The second kappa shape index (κ2) is 6.85. The van der Waals surface area contributed by atoms with E-state index in [9.17, 15) is 4.79 Å². The number of carbonyl (C=O) groups is 1. The van der Waals surface area contributed by atoms with E-state index < -0.39 is 0 Å². The summed E-state index contributed by atoms with van der Waals surface area (Å²) in [6.07, 6.45) is 17.1. The van der Waals surface area contributed by atoms with Gasteiger partial charge in [0.2, 0.25) is 0 Å². The summed E-state index contributed by atoms with van der Waals surface area (Å²) < 4.78 is 5.75. The molecular weight excluding hydrogens is 272 g/mol. The lowest BCUT2D eigenvalue weighted by atomic mass is 9.70. The van der Waals surface area contributed by atoms with Crippen LogP contribution >= 0.6 is 0 Å². The first-order valence-corrected chi connectivity index (χ1v) is 8.62. The highest BCUT2D eigenvalue weighted by Gasteiger charge is 2.62. The van der Waals surface area contributed by atoms with Crippen molar-refractivity contribution in [2.24, 2.45) is 16.7 Å². The van der Waals surface area contributed by atoms with E-state index in [1.54, 1.807) is 6.08 Å². The van der Waals surface area contributed by atoms with Gasteiger partial charge in [0.25, 0.3) is 0 Å². The molecule has 0 spiro atoms. The molecule has 0 heterocycles. The van der Waals surface area contributed by atoms with Crippen LogP contribution in [0.1, 0.15) is 59.8 Å². The van der Waals surface area contributed by atoms with E-state index in [2.05, 4.69) is 33.8 Å². The third-order valence-electron chi connectivity index (χ3n) is 6.13. The predicted molar refractivity (Wildman–Crippen MR) is 91.4 cm³/mol. The Hall–Kier alpha value is -1.31. The quantitative estimate of drug-likeness (QED) is 0.382. The highest BCUT2D eigenvalue weighted by atomic mass is 16.5. The minimum absolute atomic E-state index is 0.0758. The van der Waals surface area contributed by atoms with Crippen LogP contribution in [-0.2, 0) is 9.53 Å². The third-order valence-corrected chi connectivity index (χ3v) is 6.13. The Kier molecular flexibility index (Phi) is 5.31. The minimum Gasteiger partial charge on any atom is -0.459 e. The van der Waals surface area contributed by atoms with Gasteiger partial charge >= 0.3 is 5.97 Å². The monoisotopic (exact) mass is 302 g/mol. The fourth-order valence-corrected chi connectivity index (χ4v) is 4.09. The first-order valence-electron chi connectivity index (χ1n) is 8.62. The fourth-order valence-electron chi connectivity index (χ4n) is 4.09. The summed E-state index contributed by atoms with van der Waals surface area (Å²) >= 11 is 0. The van der Waals surface area contributed by atoms with Gasteiger partial charge in [0.05, 0.1) is 0 Å². The van der Waals surface area contributed by atoms with Crippen molar-refractivity contribution >= 4 is 5.97 Å². The van der Waals surface area contributed by atoms with Gasteiger partial charge in [-0.3, -0.25) is 0 Å². The number of hydrogen-bond donors (Lipinski definition) is 0. The number of rotatable bonds is 6. The second-order valence-corrected chi connectivity index (χ2v) is 7.50. The van der Waals surface area contributed by atoms with Crippen molar-refractivity contribution in [3.05, 3.63) is 36.5 Å². The lowest BCUT2D eigenvalue weighted by Gasteiger charge is -2.38. The van der Waals surface area contributed by atoms with E-state index >= 15 is 0 Å². The SMILES string of the molecule is CCCC=CC=CC=CC(=O)OC1CC2CCC1(C)C2(C)C. The van der Waals surface area contributed by atoms with Gasteiger partial charge in [0.15, 0.2) is 0 Å². The molecule has 0 aromatic heterocycles. The van der Waals surface area contributed by atoms with Crippen LogP contribution in [0.4, 0.5) is 0 Å². The summed E-state index contributed by atoms with van der Waals surface area (Å²) in [6.45, 7) is 9.11. The minimum atomic E-state index is -0.211. The van der Waals surface area contributed by atoms with E-state index in [1.807, 2.05) is 18.2 Å². The molecule has 122 valence electrons. The van der Waals surface area contributed by atoms with Crippen LogP contribution in [0, 0.1) is 16.7 Å². The summed E-state index contributed by atoms with van der Waals surface area (Å²) in [5, 5.41) is 0. The van der Waals surface area contributed by atoms with Gasteiger partial charge in [0, 0.05) is 11.5 Å². The molecular formula is C20H30O2. The van der Waals surface area contributed by atoms with Crippen molar-refractivity contribution in [3.8, 4) is 0 Å². The highest BCUT2D eigenvalue weighted by molar-refractivity contribution is 5.82. The molecule has 22 heavy (non-hydrogen) atoms. The Morgan fingerprint density at radius 2 is 1.91 bits per heavy atom. The average Bonchev–Trinajstić information content (AvgIpc) is 2.79. The molecule has 2 heteroatoms. The van der Waals surface area contributed by atoms with Crippen LogP contribution in [0.3, 0.4) is 0 Å². The first-order chi connectivity index (χ1) is 10.4. The van der Waals surface area contributed by atoms with Crippen LogP contribution in [0.25, 0.3) is 0 Å². The molecule has 2 aliphatic carbocycles. The van der Waals surface area contributed by atoms with Crippen molar-refractivity contribution in [2.75, 3.05) is 0 Å².